The molecular formula is C33H44ClN3O6. The fraction of sp³-hybridized carbons (Fsp3) is 0.545. The Morgan fingerprint density at radius 1 is 1.05 bits per heavy atom. The third-order valence-electron chi connectivity index (χ3n) is 9.24. The molecule has 2 N–H and O–H groups in total. The van der Waals surface area contributed by atoms with Gasteiger partial charge in [0.15, 0.2) is 5.78 Å². The van der Waals surface area contributed by atoms with Crippen molar-refractivity contribution in [3.8, 4) is 5.75 Å². The largest absolute Gasteiger partial charge is 0.497 e. The van der Waals surface area contributed by atoms with Gasteiger partial charge in [-0.05, 0) is 67.9 Å². The summed E-state index contributed by atoms with van der Waals surface area (Å²) in [7, 11) is 1.60. The molecule has 3 aliphatic heterocycles. The van der Waals surface area contributed by atoms with Crippen LogP contribution in [0.15, 0.2) is 48.5 Å². The molecule has 2 aromatic carbocycles. The van der Waals surface area contributed by atoms with Gasteiger partial charge in [-0.15, -0.1) is 12.4 Å². The quantitative estimate of drug-likeness (QED) is 0.394. The Labute approximate surface area is 260 Å². The number of nitrogens with zero attached hydrogens (tertiary/aromatic N) is 2. The van der Waals surface area contributed by atoms with Gasteiger partial charge in [0.1, 0.15) is 17.3 Å². The molecule has 3 aliphatic rings. The molecule has 3 fully saturated rings. The Kier molecular flexibility index (Phi) is 11.2. The van der Waals surface area contributed by atoms with Gasteiger partial charge in [0.2, 0.25) is 11.8 Å². The van der Waals surface area contributed by atoms with E-state index in [1.54, 1.807) is 36.3 Å². The van der Waals surface area contributed by atoms with E-state index >= 15 is 0 Å². The van der Waals surface area contributed by atoms with Gasteiger partial charge in [0.05, 0.1) is 13.2 Å². The van der Waals surface area contributed by atoms with Gasteiger partial charge in [0.25, 0.3) is 0 Å². The lowest BCUT2D eigenvalue weighted by molar-refractivity contribution is -0.166. The fourth-order valence-electron chi connectivity index (χ4n) is 6.55. The highest BCUT2D eigenvalue weighted by atomic mass is 35.5. The van der Waals surface area contributed by atoms with E-state index in [2.05, 4.69) is 17.1 Å². The van der Waals surface area contributed by atoms with Crippen molar-refractivity contribution >= 4 is 30.0 Å². The number of likely N-dealkylation sites (tertiary alicyclic amines) is 1. The number of aliphatic hydroxyl groups excluding tert-OH is 1. The number of piperidine rings is 1. The number of carbonyl (C=O) groups is 3. The second kappa shape index (κ2) is 14.7. The van der Waals surface area contributed by atoms with E-state index in [9.17, 15) is 19.5 Å². The number of nitrogens with one attached hydrogen (secondary N) is 1. The Hall–Kier alpha value is -2.98. The summed E-state index contributed by atoms with van der Waals surface area (Å²) in [6, 6.07) is 13.9. The molecule has 9 nitrogen and oxygen atoms in total. The number of carbonyl (C=O) groups excluding carboxylic acids is 3. The molecule has 2 aromatic rings. The highest BCUT2D eigenvalue weighted by molar-refractivity contribution is 6.09. The predicted molar refractivity (Wildman–Crippen MR) is 165 cm³/mol. The van der Waals surface area contributed by atoms with Crippen molar-refractivity contribution in [2.24, 2.45) is 5.92 Å². The van der Waals surface area contributed by atoms with Crippen LogP contribution >= 0.6 is 12.4 Å². The van der Waals surface area contributed by atoms with Crippen molar-refractivity contribution in [3.63, 3.8) is 0 Å². The Morgan fingerprint density at radius 3 is 2.23 bits per heavy atom. The number of piperazine rings is 1. The molecule has 1 spiro atoms. The molecule has 0 radical (unpaired) electrons. The molecule has 43 heavy (non-hydrogen) atoms. The summed E-state index contributed by atoms with van der Waals surface area (Å²) in [5.41, 5.74) is 1.44. The maximum absolute atomic E-state index is 13.8. The molecule has 3 saturated heterocycles. The number of amides is 2. The van der Waals surface area contributed by atoms with Crippen LogP contribution in [0.3, 0.4) is 0 Å². The summed E-state index contributed by atoms with van der Waals surface area (Å²) in [5, 5.41) is 14.1. The van der Waals surface area contributed by atoms with Crippen LogP contribution in [-0.4, -0.2) is 90.1 Å². The van der Waals surface area contributed by atoms with Crippen LogP contribution in [0, 0.1) is 5.92 Å². The molecule has 0 bridgehead atoms. The number of halogens is 1. The number of rotatable bonds is 10. The standard InChI is InChI=1S/C33H43N3O6.ClH/c1-3-4-17-36-31(39)28(30(38)26-13-20-42-21-14-26)34-32(40)33(36)15-18-35(19-16-33)22-23-5-7-24(8-6-23)29(37)25-9-11-27(41-2)12-10-25;/h5-12,26,28,30,38H,3-4,13-22H2,1-2H3,(H,34,40);1H/t28-,30-;/m1./s1. The van der Waals surface area contributed by atoms with Gasteiger partial charge in [-0.2, -0.15) is 0 Å². The summed E-state index contributed by atoms with van der Waals surface area (Å²) < 4.78 is 10.6. The highest BCUT2D eigenvalue weighted by Crippen LogP contribution is 2.35. The average molecular weight is 614 g/mol. The lowest BCUT2D eigenvalue weighted by atomic mass is 9.79. The summed E-state index contributed by atoms with van der Waals surface area (Å²) in [6.07, 6.45) is 3.28. The molecule has 0 aromatic heterocycles. The number of aliphatic hydroxyl groups is 1. The van der Waals surface area contributed by atoms with Gasteiger partial charge in [-0.1, -0.05) is 37.6 Å². The maximum Gasteiger partial charge on any atom is 0.248 e. The van der Waals surface area contributed by atoms with Crippen molar-refractivity contribution in [2.45, 2.75) is 69.7 Å². The first kappa shape index (κ1) is 32.9. The summed E-state index contributed by atoms with van der Waals surface area (Å²) in [5.74, 6) is 0.309. The van der Waals surface area contributed by atoms with Crippen LogP contribution in [0.1, 0.15) is 66.9 Å². The minimum Gasteiger partial charge on any atom is -0.497 e. The SMILES string of the molecule is CCCCN1C(=O)[C@@H]([C@H](O)C2CCOCC2)NC(=O)C12CCN(Cc1ccc(C(=O)c3ccc(OC)cc3)cc1)CC2.Cl. The summed E-state index contributed by atoms with van der Waals surface area (Å²) in [4.78, 5) is 44.5. The lowest BCUT2D eigenvalue weighted by Gasteiger charge is -2.52. The van der Waals surface area contributed by atoms with Crippen LogP contribution in [-0.2, 0) is 20.9 Å². The maximum atomic E-state index is 13.8. The number of ether oxygens (including phenoxy) is 2. The molecule has 0 saturated carbocycles. The normalized spacial score (nSPS) is 21.7. The Morgan fingerprint density at radius 2 is 1.65 bits per heavy atom. The molecule has 0 aliphatic carbocycles. The van der Waals surface area contributed by atoms with Crippen LogP contribution in [0.4, 0.5) is 0 Å². The van der Waals surface area contributed by atoms with E-state index in [1.165, 1.54) is 0 Å². The number of benzene rings is 2. The van der Waals surface area contributed by atoms with E-state index in [1.807, 2.05) is 24.3 Å². The van der Waals surface area contributed by atoms with E-state index in [-0.39, 0.29) is 35.9 Å². The highest BCUT2D eigenvalue weighted by Gasteiger charge is 2.55. The number of ketones is 1. The van der Waals surface area contributed by atoms with E-state index in [0.29, 0.717) is 82.0 Å². The van der Waals surface area contributed by atoms with Gasteiger partial charge in [0, 0.05) is 50.5 Å². The van der Waals surface area contributed by atoms with Crippen molar-refractivity contribution in [2.75, 3.05) is 40.0 Å². The third kappa shape index (κ3) is 7.06. The fourth-order valence-corrected chi connectivity index (χ4v) is 6.55. The van der Waals surface area contributed by atoms with E-state index < -0.39 is 17.7 Å². The molecule has 0 unspecified atom stereocenters. The topological polar surface area (TPSA) is 108 Å². The molecular weight excluding hydrogens is 570 g/mol. The van der Waals surface area contributed by atoms with Crippen molar-refractivity contribution in [3.05, 3.63) is 65.2 Å². The van der Waals surface area contributed by atoms with Gasteiger partial charge in [-0.3, -0.25) is 19.3 Å². The molecule has 5 rings (SSSR count). The zero-order valence-corrected chi connectivity index (χ0v) is 25.9. The minimum absolute atomic E-state index is 0. The van der Waals surface area contributed by atoms with Crippen LogP contribution in [0.2, 0.25) is 0 Å². The number of unbranched alkanes of at least 4 members (excludes halogenated alkanes) is 1. The predicted octanol–water partition coefficient (Wildman–Crippen LogP) is 3.60. The van der Waals surface area contributed by atoms with Crippen molar-refractivity contribution < 1.29 is 29.0 Å². The summed E-state index contributed by atoms with van der Waals surface area (Å²) in [6.45, 7) is 5.77. The molecule has 3 heterocycles. The van der Waals surface area contributed by atoms with E-state index in [4.69, 9.17) is 9.47 Å². The van der Waals surface area contributed by atoms with Gasteiger partial charge >= 0.3 is 0 Å². The van der Waals surface area contributed by atoms with Gasteiger partial charge in [-0.25, -0.2) is 0 Å². The molecule has 2 amide bonds. The Bertz CT molecular complexity index is 1240. The zero-order valence-electron chi connectivity index (χ0n) is 25.1. The number of methoxy groups -OCH3 is 1. The second-order valence-corrected chi connectivity index (χ2v) is 11.8. The number of hydrogen-bond acceptors (Lipinski definition) is 7. The average Bonchev–Trinajstić information content (AvgIpc) is 3.04. The molecule has 234 valence electrons. The van der Waals surface area contributed by atoms with E-state index in [0.717, 1.165) is 18.4 Å². The smallest absolute Gasteiger partial charge is 0.248 e. The second-order valence-electron chi connectivity index (χ2n) is 11.8. The van der Waals surface area contributed by atoms with Gasteiger partial charge < -0.3 is 24.8 Å². The number of hydrogen-bond donors (Lipinski definition) is 2. The minimum atomic E-state index is -0.911. The van der Waals surface area contributed by atoms with Crippen molar-refractivity contribution in [1.82, 2.24) is 15.1 Å². The van der Waals surface area contributed by atoms with Crippen LogP contribution in [0.5, 0.6) is 5.75 Å². The first-order chi connectivity index (χ1) is 20.4. The monoisotopic (exact) mass is 613 g/mol. The summed E-state index contributed by atoms with van der Waals surface area (Å²) >= 11 is 0. The van der Waals surface area contributed by atoms with Crippen molar-refractivity contribution in [1.29, 1.82) is 0 Å². The first-order valence-corrected chi connectivity index (χ1v) is 15.2. The Balaban J connectivity index is 0.00000423. The third-order valence-corrected chi connectivity index (χ3v) is 9.24. The first-order valence-electron chi connectivity index (χ1n) is 15.2. The van der Waals surface area contributed by atoms with Crippen LogP contribution < -0.4 is 10.1 Å². The zero-order chi connectivity index (χ0) is 29.7. The van der Waals surface area contributed by atoms with Crippen LogP contribution in [0.25, 0.3) is 0 Å². The molecule has 2 atom stereocenters. The molecule has 10 heteroatoms. The lowest BCUT2D eigenvalue weighted by Crippen LogP contribution is -2.75.